The van der Waals surface area contributed by atoms with Crippen molar-refractivity contribution in [3.63, 3.8) is 0 Å². The summed E-state index contributed by atoms with van der Waals surface area (Å²) < 4.78 is 14.2. The first-order chi connectivity index (χ1) is 8.06. The number of aromatic nitrogens is 1. The monoisotopic (exact) mass is 268 g/mol. The van der Waals surface area contributed by atoms with Gasteiger partial charge in [0.15, 0.2) is 5.13 Å². The molecule has 2 aromatic rings. The molecular weight excluding hydrogens is 255 g/mol. The highest BCUT2D eigenvalue weighted by atomic mass is 32.2. The molecule has 90 valence electrons. The number of nitrogen functional groups attached to an aromatic ring is 1. The number of thioether (sulfide) groups is 1. The Kier molecular flexibility index (Phi) is 3.69. The first-order valence-corrected chi connectivity index (χ1v) is 6.97. The number of hydrogen-bond donors (Lipinski definition) is 1. The van der Waals surface area contributed by atoms with Gasteiger partial charge in [-0.05, 0) is 37.1 Å². The van der Waals surface area contributed by atoms with E-state index in [2.05, 4.69) is 4.98 Å². The number of halogens is 1. The van der Waals surface area contributed by atoms with Gasteiger partial charge in [0.25, 0.3) is 0 Å². The summed E-state index contributed by atoms with van der Waals surface area (Å²) >= 11 is 3.13. The third-order valence-electron chi connectivity index (χ3n) is 2.44. The van der Waals surface area contributed by atoms with E-state index in [1.54, 1.807) is 23.9 Å². The van der Waals surface area contributed by atoms with Crippen molar-refractivity contribution in [1.82, 2.24) is 4.98 Å². The topological polar surface area (TPSA) is 38.9 Å². The predicted molar refractivity (Wildman–Crippen MR) is 72.0 cm³/mol. The molecule has 1 heterocycles. The summed E-state index contributed by atoms with van der Waals surface area (Å²) in [5, 5.41) is 0.584. The third-order valence-corrected chi connectivity index (χ3v) is 4.84. The second-order valence-corrected chi connectivity index (χ2v) is 6.06. The first-order valence-electron chi connectivity index (χ1n) is 5.17. The molecule has 0 aliphatic carbocycles. The zero-order valence-electron chi connectivity index (χ0n) is 9.66. The molecule has 17 heavy (non-hydrogen) atoms. The zero-order valence-corrected chi connectivity index (χ0v) is 11.3. The van der Waals surface area contributed by atoms with Crippen molar-refractivity contribution >= 4 is 28.2 Å². The Morgan fingerprint density at radius 3 is 2.82 bits per heavy atom. The number of nitrogens with two attached hydrogens (primary N) is 1. The fourth-order valence-corrected chi connectivity index (χ4v) is 3.56. The molecule has 0 aliphatic rings. The fourth-order valence-electron chi connectivity index (χ4n) is 1.48. The molecule has 1 aromatic carbocycles. The Bertz CT molecular complexity index is 537. The minimum Gasteiger partial charge on any atom is -0.375 e. The molecule has 0 saturated carbocycles. The lowest BCUT2D eigenvalue weighted by Crippen LogP contribution is -1.88. The molecule has 2 N–H and O–H groups in total. The third kappa shape index (κ3) is 2.98. The molecular formula is C12H13FN2S2. The summed E-state index contributed by atoms with van der Waals surface area (Å²) in [6.45, 7) is 3.93. The minimum absolute atomic E-state index is 0.188. The number of aryl methyl sites for hydroxylation is 2. The summed E-state index contributed by atoms with van der Waals surface area (Å²) in [5.41, 5.74) is 8.71. The molecule has 0 radical (unpaired) electrons. The summed E-state index contributed by atoms with van der Waals surface area (Å²) in [5.74, 6) is 0.554. The van der Waals surface area contributed by atoms with Gasteiger partial charge in [0.1, 0.15) is 5.82 Å². The van der Waals surface area contributed by atoms with E-state index in [0.29, 0.717) is 5.13 Å². The molecule has 0 unspecified atom stereocenters. The fraction of sp³-hybridized carbons (Fsp3) is 0.250. The number of anilines is 1. The van der Waals surface area contributed by atoms with Crippen molar-refractivity contribution in [1.29, 1.82) is 0 Å². The van der Waals surface area contributed by atoms with Crippen LogP contribution in [-0.4, -0.2) is 4.98 Å². The summed E-state index contributed by atoms with van der Waals surface area (Å²) in [6, 6.07) is 4.88. The van der Waals surface area contributed by atoms with Gasteiger partial charge in [-0.3, -0.25) is 0 Å². The van der Waals surface area contributed by atoms with Crippen LogP contribution in [0.2, 0.25) is 0 Å². The van der Waals surface area contributed by atoms with E-state index in [0.717, 1.165) is 26.8 Å². The maximum absolute atomic E-state index is 13.1. The van der Waals surface area contributed by atoms with Gasteiger partial charge in [0.2, 0.25) is 0 Å². The van der Waals surface area contributed by atoms with Crippen LogP contribution in [-0.2, 0) is 5.75 Å². The number of hydrogen-bond acceptors (Lipinski definition) is 4. The minimum atomic E-state index is -0.188. The highest BCUT2D eigenvalue weighted by molar-refractivity contribution is 8.00. The Hall–Kier alpha value is -1.07. The molecule has 0 bridgehead atoms. The zero-order chi connectivity index (χ0) is 12.4. The van der Waals surface area contributed by atoms with E-state index >= 15 is 0 Å². The van der Waals surface area contributed by atoms with E-state index in [9.17, 15) is 4.39 Å². The van der Waals surface area contributed by atoms with Gasteiger partial charge in [-0.1, -0.05) is 17.4 Å². The SMILES string of the molecule is Cc1ccc(F)cc1CSc1sc(N)nc1C. The van der Waals surface area contributed by atoms with Crippen molar-refractivity contribution in [3.05, 3.63) is 40.8 Å². The highest BCUT2D eigenvalue weighted by Crippen LogP contribution is 2.33. The van der Waals surface area contributed by atoms with Crippen molar-refractivity contribution in [2.24, 2.45) is 0 Å². The number of benzene rings is 1. The van der Waals surface area contributed by atoms with Crippen molar-refractivity contribution in [3.8, 4) is 0 Å². The van der Waals surface area contributed by atoms with Gasteiger partial charge in [-0.2, -0.15) is 0 Å². The van der Waals surface area contributed by atoms with Gasteiger partial charge >= 0.3 is 0 Å². The Morgan fingerprint density at radius 1 is 1.41 bits per heavy atom. The van der Waals surface area contributed by atoms with Crippen LogP contribution in [0.1, 0.15) is 16.8 Å². The second kappa shape index (κ2) is 5.06. The van der Waals surface area contributed by atoms with Gasteiger partial charge in [-0.25, -0.2) is 9.37 Å². The smallest absolute Gasteiger partial charge is 0.181 e. The average molecular weight is 268 g/mol. The molecule has 1 aromatic heterocycles. The summed E-state index contributed by atoms with van der Waals surface area (Å²) in [4.78, 5) is 4.16. The van der Waals surface area contributed by atoms with Crippen LogP contribution in [0.15, 0.2) is 22.4 Å². The van der Waals surface area contributed by atoms with E-state index in [-0.39, 0.29) is 5.82 Å². The highest BCUT2D eigenvalue weighted by Gasteiger charge is 2.07. The van der Waals surface area contributed by atoms with Crippen LogP contribution in [0.4, 0.5) is 9.52 Å². The van der Waals surface area contributed by atoms with Crippen LogP contribution in [0, 0.1) is 19.7 Å². The standard InChI is InChI=1S/C12H13FN2S2/c1-7-3-4-10(13)5-9(7)6-16-11-8(2)15-12(14)17-11/h3-5H,6H2,1-2H3,(H2,14,15). The Balaban J connectivity index is 2.12. The molecule has 2 rings (SSSR count). The van der Waals surface area contributed by atoms with E-state index in [4.69, 9.17) is 5.73 Å². The van der Waals surface area contributed by atoms with Crippen molar-refractivity contribution in [2.75, 3.05) is 5.73 Å². The Labute approximate surface area is 108 Å². The van der Waals surface area contributed by atoms with Crippen LogP contribution in [0.5, 0.6) is 0 Å². The number of rotatable bonds is 3. The number of thiazole rings is 1. The van der Waals surface area contributed by atoms with E-state index in [1.165, 1.54) is 17.4 Å². The maximum Gasteiger partial charge on any atom is 0.181 e. The van der Waals surface area contributed by atoms with Gasteiger partial charge in [-0.15, -0.1) is 11.8 Å². The van der Waals surface area contributed by atoms with Crippen LogP contribution in [0.3, 0.4) is 0 Å². The number of nitrogens with zero attached hydrogens (tertiary/aromatic N) is 1. The average Bonchev–Trinajstić information content (AvgIpc) is 2.59. The van der Waals surface area contributed by atoms with E-state index in [1.807, 2.05) is 13.8 Å². The van der Waals surface area contributed by atoms with Crippen molar-refractivity contribution in [2.45, 2.75) is 23.8 Å². The molecule has 2 nitrogen and oxygen atoms in total. The lowest BCUT2D eigenvalue weighted by Gasteiger charge is -2.04. The molecule has 0 spiro atoms. The first kappa shape index (κ1) is 12.4. The lowest BCUT2D eigenvalue weighted by molar-refractivity contribution is 0.626. The van der Waals surface area contributed by atoms with Crippen LogP contribution < -0.4 is 5.73 Å². The van der Waals surface area contributed by atoms with Gasteiger partial charge < -0.3 is 5.73 Å². The largest absolute Gasteiger partial charge is 0.375 e. The van der Waals surface area contributed by atoms with Crippen molar-refractivity contribution < 1.29 is 4.39 Å². The molecule has 0 amide bonds. The van der Waals surface area contributed by atoms with Crippen LogP contribution in [0.25, 0.3) is 0 Å². The van der Waals surface area contributed by atoms with Gasteiger partial charge in [0, 0.05) is 5.75 Å². The van der Waals surface area contributed by atoms with Gasteiger partial charge in [0.05, 0.1) is 9.90 Å². The molecule has 0 aliphatic heterocycles. The molecule has 0 saturated heterocycles. The molecule has 5 heteroatoms. The molecule has 0 fully saturated rings. The quantitative estimate of drug-likeness (QED) is 0.861. The Morgan fingerprint density at radius 2 is 2.18 bits per heavy atom. The summed E-state index contributed by atoms with van der Waals surface area (Å²) in [7, 11) is 0. The maximum atomic E-state index is 13.1. The molecule has 0 atom stereocenters. The summed E-state index contributed by atoms with van der Waals surface area (Å²) in [6.07, 6.45) is 0. The normalized spacial score (nSPS) is 10.8. The predicted octanol–water partition coefficient (Wildman–Crippen LogP) is 3.77. The lowest BCUT2D eigenvalue weighted by atomic mass is 10.1. The second-order valence-electron chi connectivity index (χ2n) is 3.78. The van der Waals surface area contributed by atoms with Crippen LogP contribution >= 0.6 is 23.1 Å². The van der Waals surface area contributed by atoms with E-state index < -0.39 is 0 Å².